The number of aryl methyl sites for hydroxylation is 1. The van der Waals surface area contributed by atoms with Crippen LogP contribution in [0.1, 0.15) is 28.2 Å². The number of benzene rings is 1. The van der Waals surface area contributed by atoms with Gasteiger partial charge in [0, 0.05) is 18.7 Å². The van der Waals surface area contributed by atoms with Crippen LogP contribution in [-0.2, 0) is 0 Å². The summed E-state index contributed by atoms with van der Waals surface area (Å²) in [6, 6.07) is 7.63. The van der Waals surface area contributed by atoms with Crippen LogP contribution in [0, 0.1) is 19.8 Å². The summed E-state index contributed by atoms with van der Waals surface area (Å²) in [6.07, 6.45) is 1.00. The van der Waals surface area contributed by atoms with Crippen LogP contribution in [0.2, 0.25) is 0 Å². The molecule has 2 N–H and O–H groups in total. The molecule has 1 fully saturated rings. The zero-order valence-electron chi connectivity index (χ0n) is 13.4. The molecule has 23 heavy (non-hydrogen) atoms. The van der Waals surface area contributed by atoms with Crippen LogP contribution in [0.15, 0.2) is 28.7 Å². The molecule has 0 aliphatic carbocycles. The van der Waals surface area contributed by atoms with E-state index in [1.165, 1.54) is 0 Å². The zero-order valence-corrected chi connectivity index (χ0v) is 15.0. The van der Waals surface area contributed by atoms with E-state index in [1.807, 2.05) is 47.7 Å². The summed E-state index contributed by atoms with van der Waals surface area (Å²) in [4.78, 5) is 14.4. The van der Waals surface area contributed by atoms with Gasteiger partial charge in [-0.2, -0.15) is 5.10 Å². The number of hydrogen-bond donors (Lipinski definition) is 1. The van der Waals surface area contributed by atoms with E-state index >= 15 is 0 Å². The van der Waals surface area contributed by atoms with Crippen LogP contribution in [0.4, 0.5) is 0 Å². The number of carbonyl (C=O) groups excluding carboxylic acids is 1. The van der Waals surface area contributed by atoms with Gasteiger partial charge >= 0.3 is 0 Å². The molecule has 6 heteroatoms. The molecule has 0 saturated carbocycles. The summed E-state index contributed by atoms with van der Waals surface area (Å²) in [5, 5.41) is 4.51. The van der Waals surface area contributed by atoms with Gasteiger partial charge in [-0.3, -0.25) is 4.79 Å². The average molecular weight is 377 g/mol. The highest BCUT2D eigenvalue weighted by atomic mass is 79.9. The zero-order chi connectivity index (χ0) is 16.6. The van der Waals surface area contributed by atoms with Crippen molar-refractivity contribution in [2.45, 2.75) is 20.3 Å². The Morgan fingerprint density at radius 3 is 2.57 bits per heavy atom. The minimum Gasteiger partial charge on any atom is -0.338 e. The van der Waals surface area contributed by atoms with Gasteiger partial charge < -0.3 is 10.6 Å². The summed E-state index contributed by atoms with van der Waals surface area (Å²) >= 11 is 3.54. The van der Waals surface area contributed by atoms with Gasteiger partial charge in [-0.05, 0) is 72.9 Å². The van der Waals surface area contributed by atoms with Crippen LogP contribution in [0.5, 0.6) is 0 Å². The average Bonchev–Trinajstić information content (AvgIpc) is 3.15. The molecule has 0 spiro atoms. The molecular formula is C17H21BrN4O. The smallest absolute Gasteiger partial charge is 0.253 e. The lowest BCUT2D eigenvalue weighted by molar-refractivity contribution is 0.0787. The molecule has 1 atom stereocenters. The van der Waals surface area contributed by atoms with Gasteiger partial charge in [0.25, 0.3) is 5.91 Å². The number of amides is 1. The van der Waals surface area contributed by atoms with Gasteiger partial charge in [0.05, 0.1) is 21.5 Å². The molecular weight excluding hydrogens is 356 g/mol. The van der Waals surface area contributed by atoms with E-state index in [-0.39, 0.29) is 5.91 Å². The molecule has 0 radical (unpaired) electrons. The lowest BCUT2D eigenvalue weighted by atomic mass is 10.1. The highest BCUT2D eigenvalue weighted by Crippen LogP contribution is 2.24. The number of likely N-dealkylation sites (tertiary alicyclic amines) is 1. The number of halogens is 1. The van der Waals surface area contributed by atoms with Crippen molar-refractivity contribution in [2.24, 2.45) is 11.7 Å². The standard InChI is InChI=1S/C17H21BrN4O/c1-11-16(18)12(2)22(20-11)15-5-3-14(4-6-15)17(23)21-8-7-13(9-19)10-21/h3-6,13H,7-10,19H2,1-2H3. The van der Waals surface area contributed by atoms with Crippen molar-refractivity contribution >= 4 is 21.8 Å². The van der Waals surface area contributed by atoms with Crippen molar-refractivity contribution in [1.29, 1.82) is 0 Å². The molecule has 1 aliphatic rings. The van der Waals surface area contributed by atoms with Crippen molar-refractivity contribution in [3.8, 4) is 5.69 Å². The molecule has 1 unspecified atom stereocenters. The van der Waals surface area contributed by atoms with Crippen molar-refractivity contribution < 1.29 is 4.79 Å². The van der Waals surface area contributed by atoms with Crippen LogP contribution in [0.3, 0.4) is 0 Å². The highest BCUT2D eigenvalue weighted by Gasteiger charge is 2.26. The van der Waals surface area contributed by atoms with Gasteiger partial charge in [0.15, 0.2) is 0 Å². The molecule has 2 heterocycles. The number of hydrogen-bond acceptors (Lipinski definition) is 3. The monoisotopic (exact) mass is 376 g/mol. The molecule has 3 rings (SSSR count). The number of nitrogens with two attached hydrogens (primary N) is 1. The molecule has 122 valence electrons. The third-order valence-electron chi connectivity index (χ3n) is 4.47. The van der Waals surface area contributed by atoms with Crippen LogP contribution < -0.4 is 5.73 Å². The Balaban J connectivity index is 1.79. The maximum absolute atomic E-state index is 12.5. The second-order valence-electron chi connectivity index (χ2n) is 6.09. The van der Waals surface area contributed by atoms with Crippen LogP contribution in [-0.4, -0.2) is 40.2 Å². The fourth-order valence-electron chi connectivity index (χ4n) is 3.01. The Labute approximate surface area is 144 Å². The largest absolute Gasteiger partial charge is 0.338 e. The van der Waals surface area contributed by atoms with Crippen molar-refractivity contribution in [2.75, 3.05) is 19.6 Å². The van der Waals surface area contributed by atoms with E-state index < -0.39 is 0 Å². The van der Waals surface area contributed by atoms with E-state index in [2.05, 4.69) is 21.0 Å². The predicted octanol–water partition coefficient (Wildman–Crippen LogP) is 2.67. The number of aromatic nitrogens is 2. The molecule has 2 aromatic rings. The SMILES string of the molecule is Cc1nn(-c2ccc(C(=O)N3CCC(CN)C3)cc2)c(C)c1Br. The molecule has 1 saturated heterocycles. The summed E-state index contributed by atoms with van der Waals surface area (Å²) in [6.45, 7) is 6.19. The van der Waals surface area contributed by atoms with Crippen LogP contribution in [0.25, 0.3) is 5.69 Å². The third kappa shape index (κ3) is 3.05. The first-order valence-corrected chi connectivity index (χ1v) is 8.62. The fourth-order valence-corrected chi connectivity index (χ4v) is 3.26. The molecule has 1 aromatic heterocycles. The van der Waals surface area contributed by atoms with E-state index in [4.69, 9.17) is 5.73 Å². The molecule has 0 bridgehead atoms. The molecule has 1 aliphatic heterocycles. The van der Waals surface area contributed by atoms with E-state index in [0.717, 1.165) is 41.1 Å². The van der Waals surface area contributed by atoms with E-state index in [1.54, 1.807) is 0 Å². The maximum atomic E-state index is 12.5. The van der Waals surface area contributed by atoms with Gasteiger partial charge in [-0.15, -0.1) is 0 Å². The predicted molar refractivity (Wildman–Crippen MR) is 93.8 cm³/mol. The molecule has 1 aromatic carbocycles. The van der Waals surface area contributed by atoms with Crippen LogP contribution >= 0.6 is 15.9 Å². The third-order valence-corrected chi connectivity index (χ3v) is 5.62. The Morgan fingerprint density at radius 1 is 1.35 bits per heavy atom. The topological polar surface area (TPSA) is 64.2 Å². The first-order valence-electron chi connectivity index (χ1n) is 7.82. The fraction of sp³-hybridized carbons (Fsp3) is 0.412. The first kappa shape index (κ1) is 16.2. The highest BCUT2D eigenvalue weighted by molar-refractivity contribution is 9.10. The molecule has 5 nitrogen and oxygen atoms in total. The second-order valence-corrected chi connectivity index (χ2v) is 6.88. The first-order chi connectivity index (χ1) is 11.0. The summed E-state index contributed by atoms with van der Waals surface area (Å²) in [5.41, 5.74) is 9.36. The summed E-state index contributed by atoms with van der Waals surface area (Å²) < 4.78 is 2.90. The van der Waals surface area contributed by atoms with Crippen molar-refractivity contribution in [3.05, 3.63) is 45.7 Å². The Bertz CT molecular complexity index is 723. The van der Waals surface area contributed by atoms with E-state index in [0.29, 0.717) is 18.0 Å². The number of rotatable bonds is 3. The summed E-state index contributed by atoms with van der Waals surface area (Å²) in [5.74, 6) is 0.521. The minimum absolute atomic E-state index is 0.0852. The Hall–Kier alpha value is -1.66. The normalized spacial score (nSPS) is 17.7. The number of carbonyl (C=O) groups is 1. The Morgan fingerprint density at radius 2 is 2.04 bits per heavy atom. The van der Waals surface area contributed by atoms with Crippen molar-refractivity contribution in [3.63, 3.8) is 0 Å². The maximum Gasteiger partial charge on any atom is 0.253 e. The summed E-state index contributed by atoms with van der Waals surface area (Å²) in [7, 11) is 0. The number of nitrogens with zero attached hydrogens (tertiary/aromatic N) is 3. The van der Waals surface area contributed by atoms with Gasteiger partial charge in [-0.25, -0.2) is 4.68 Å². The lowest BCUT2D eigenvalue weighted by Gasteiger charge is -2.16. The van der Waals surface area contributed by atoms with Crippen molar-refractivity contribution in [1.82, 2.24) is 14.7 Å². The Kier molecular flexibility index (Phi) is 4.55. The van der Waals surface area contributed by atoms with E-state index in [9.17, 15) is 4.79 Å². The van der Waals surface area contributed by atoms with Gasteiger partial charge in [-0.1, -0.05) is 0 Å². The van der Waals surface area contributed by atoms with Gasteiger partial charge in [0.1, 0.15) is 0 Å². The van der Waals surface area contributed by atoms with Gasteiger partial charge in [0.2, 0.25) is 0 Å². The quantitative estimate of drug-likeness (QED) is 0.895. The second kappa shape index (κ2) is 6.45. The lowest BCUT2D eigenvalue weighted by Crippen LogP contribution is -2.29. The minimum atomic E-state index is 0.0852. The molecule has 1 amide bonds.